The first kappa shape index (κ1) is 28.2. The van der Waals surface area contributed by atoms with Crippen LogP contribution in [0.3, 0.4) is 0 Å². The molecule has 0 bridgehead atoms. The first-order valence-corrected chi connectivity index (χ1v) is 13.5. The van der Waals surface area contributed by atoms with Crippen LogP contribution < -0.4 is 9.47 Å². The molecule has 2 heterocycles. The lowest BCUT2D eigenvalue weighted by Crippen LogP contribution is -2.26. The standard InChI is InChI=1S/C34H29ClF2N2O2/c1-33(2,24-9-5-22(6-10-24)31-15-13-27(36)20-38-31)40-29-17-26(35)18-30(19-29)41-34(3,4)25-11-7-23(8-12-25)32-16-14-28(37)21-39-32/h5-21H,1-4H3. The maximum absolute atomic E-state index is 13.2. The number of ether oxygens (including phenoxy) is 2. The summed E-state index contributed by atoms with van der Waals surface area (Å²) in [5, 5.41) is 0.486. The van der Waals surface area contributed by atoms with Crippen molar-refractivity contribution in [2.24, 2.45) is 0 Å². The van der Waals surface area contributed by atoms with Crippen LogP contribution in [0.2, 0.25) is 5.02 Å². The van der Waals surface area contributed by atoms with Crippen LogP contribution in [0.5, 0.6) is 11.5 Å². The molecule has 2 aromatic heterocycles. The normalized spacial score (nSPS) is 11.8. The van der Waals surface area contributed by atoms with E-state index in [0.29, 0.717) is 27.9 Å². The summed E-state index contributed by atoms with van der Waals surface area (Å²) < 4.78 is 39.3. The number of hydrogen-bond donors (Lipinski definition) is 0. The van der Waals surface area contributed by atoms with Gasteiger partial charge in [-0.2, -0.15) is 0 Å². The molecule has 0 radical (unpaired) electrons. The molecule has 0 aliphatic heterocycles. The van der Waals surface area contributed by atoms with E-state index in [9.17, 15) is 8.78 Å². The van der Waals surface area contributed by atoms with Crippen LogP contribution in [0.1, 0.15) is 38.8 Å². The number of benzene rings is 3. The minimum absolute atomic E-state index is 0.370. The number of pyridine rings is 2. The predicted octanol–water partition coefficient (Wildman–Crippen LogP) is 9.37. The highest BCUT2D eigenvalue weighted by molar-refractivity contribution is 6.30. The van der Waals surface area contributed by atoms with Crippen molar-refractivity contribution in [2.45, 2.75) is 38.9 Å². The van der Waals surface area contributed by atoms with Gasteiger partial charge in [0.25, 0.3) is 0 Å². The minimum Gasteiger partial charge on any atom is -0.483 e. The molecule has 0 spiro atoms. The fourth-order valence-corrected chi connectivity index (χ4v) is 4.75. The molecule has 0 fully saturated rings. The zero-order valence-corrected chi connectivity index (χ0v) is 23.9. The molecular formula is C34H29ClF2N2O2. The Labute approximate surface area is 243 Å². The molecule has 5 aromatic rings. The molecule has 0 N–H and O–H groups in total. The number of rotatable bonds is 8. The Hall–Kier alpha value is -4.29. The second-order valence-corrected chi connectivity index (χ2v) is 11.2. The van der Waals surface area contributed by atoms with Crippen molar-refractivity contribution >= 4 is 11.6 Å². The smallest absolute Gasteiger partial charge is 0.141 e. The molecule has 0 aliphatic carbocycles. The van der Waals surface area contributed by atoms with Crippen LogP contribution in [0.25, 0.3) is 22.5 Å². The summed E-state index contributed by atoms with van der Waals surface area (Å²) >= 11 is 6.47. The van der Waals surface area contributed by atoms with Crippen molar-refractivity contribution in [1.29, 1.82) is 0 Å². The van der Waals surface area contributed by atoms with Gasteiger partial charge in [0.05, 0.1) is 23.8 Å². The van der Waals surface area contributed by atoms with Gasteiger partial charge < -0.3 is 9.47 Å². The summed E-state index contributed by atoms with van der Waals surface area (Å²) in [7, 11) is 0. The molecule has 0 unspecified atom stereocenters. The first-order chi connectivity index (χ1) is 19.5. The maximum atomic E-state index is 13.2. The van der Waals surface area contributed by atoms with Crippen molar-refractivity contribution in [2.75, 3.05) is 0 Å². The van der Waals surface area contributed by atoms with Gasteiger partial charge in [0.1, 0.15) is 34.3 Å². The Bertz CT molecular complexity index is 1510. The summed E-state index contributed by atoms with van der Waals surface area (Å²) in [6.45, 7) is 7.89. The lowest BCUT2D eigenvalue weighted by Gasteiger charge is -2.29. The second kappa shape index (κ2) is 11.3. The van der Waals surface area contributed by atoms with E-state index in [2.05, 4.69) is 9.97 Å². The molecule has 0 amide bonds. The summed E-state index contributed by atoms with van der Waals surface area (Å²) in [4.78, 5) is 8.30. The molecule has 3 aromatic carbocycles. The van der Waals surface area contributed by atoms with Crippen molar-refractivity contribution in [3.63, 3.8) is 0 Å². The van der Waals surface area contributed by atoms with Gasteiger partial charge in [0, 0.05) is 22.2 Å². The average Bonchev–Trinajstić information content (AvgIpc) is 2.93. The van der Waals surface area contributed by atoms with Gasteiger partial charge in [0.2, 0.25) is 0 Å². The Morgan fingerprint density at radius 3 is 1.29 bits per heavy atom. The third-order valence-corrected chi connectivity index (χ3v) is 7.02. The molecule has 0 aliphatic rings. The Morgan fingerprint density at radius 2 is 0.951 bits per heavy atom. The van der Waals surface area contributed by atoms with Crippen LogP contribution in [-0.2, 0) is 11.2 Å². The molecule has 0 saturated carbocycles. The van der Waals surface area contributed by atoms with Crippen LogP contribution in [0.15, 0.2) is 103 Å². The highest BCUT2D eigenvalue weighted by Crippen LogP contribution is 2.36. The largest absolute Gasteiger partial charge is 0.483 e. The SMILES string of the molecule is CC(C)(Oc1cc(Cl)cc(OC(C)(C)c2ccc(-c3ccc(F)cn3)cc2)c1)c1ccc(-c2ccc(F)cn2)cc1. The maximum Gasteiger partial charge on any atom is 0.141 e. The Morgan fingerprint density at radius 1 is 0.561 bits per heavy atom. The Balaban J connectivity index is 1.31. The van der Waals surface area contributed by atoms with Crippen LogP contribution in [0.4, 0.5) is 8.78 Å². The average molecular weight is 571 g/mol. The van der Waals surface area contributed by atoms with Gasteiger partial charge in [-0.3, -0.25) is 9.97 Å². The van der Waals surface area contributed by atoms with Crippen molar-refractivity contribution in [1.82, 2.24) is 9.97 Å². The monoisotopic (exact) mass is 570 g/mol. The molecule has 5 rings (SSSR count). The third kappa shape index (κ3) is 6.72. The molecule has 0 saturated heterocycles. The van der Waals surface area contributed by atoms with E-state index in [4.69, 9.17) is 21.1 Å². The van der Waals surface area contributed by atoms with E-state index in [0.717, 1.165) is 22.3 Å². The Kier molecular flexibility index (Phi) is 7.78. The van der Waals surface area contributed by atoms with Gasteiger partial charge in [-0.1, -0.05) is 60.1 Å². The van der Waals surface area contributed by atoms with Crippen molar-refractivity contribution in [3.8, 4) is 34.0 Å². The molecule has 7 heteroatoms. The van der Waals surface area contributed by atoms with Gasteiger partial charge in [-0.25, -0.2) is 8.78 Å². The number of hydrogen-bond acceptors (Lipinski definition) is 4. The molecular weight excluding hydrogens is 542 g/mol. The first-order valence-electron chi connectivity index (χ1n) is 13.1. The lowest BCUT2D eigenvalue weighted by molar-refractivity contribution is 0.0991. The zero-order valence-electron chi connectivity index (χ0n) is 23.2. The van der Waals surface area contributed by atoms with Gasteiger partial charge in [0.15, 0.2) is 0 Å². The van der Waals surface area contributed by atoms with Crippen LogP contribution in [0, 0.1) is 11.6 Å². The third-order valence-electron chi connectivity index (χ3n) is 6.80. The highest BCUT2D eigenvalue weighted by Gasteiger charge is 2.26. The summed E-state index contributed by atoms with van der Waals surface area (Å²) in [5.74, 6) is 0.390. The van der Waals surface area contributed by atoms with E-state index < -0.39 is 11.2 Å². The summed E-state index contributed by atoms with van der Waals surface area (Å²) in [6.07, 6.45) is 2.41. The van der Waals surface area contributed by atoms with E-state index in [-0.39, 0.29) is 11.6 Å². The molecule has 208 valence electrons. The van der Waals surface area contributed by atoms with Crippen molar-refractivity contribution < 1.29 is 18.3 Å². The molecule has 0 atom stereocenters. The highest BCUT2D eigenvalue weighted by atomic mass is 35.5. The van der Waals surface area contributed by atoms with Gasteiger partial charge in [-0.05, 0) is 75.2 Å². The number of halogens is 3. The van der Waals surface area contributed by atoms with Gasteiger partial charge in [-0.15, -0.1) is 0 Å². The number of nitrogens with zero attached hydrogens (tertiary/aromatic N) is 2. The molecule has 41 heavy (non-hydrogen) atoms. The topological polar surface area (TPSA) is 44.2 Å². The fraction of sp³-hybridized carbons (Fsp3) is 0.176. The van der Waals surface area contributed by atoms with E-state index in [1.165, 1.54) is 24.5 Å². The van der Waals surface area contributed by atoms with E-state index in [1.807, 2.05) is 82.3 Å². The quantitative estimate of drug-likeness (QED) is 0.186. The summed E-state index contributed by atoms with van der Waals surface area (Å²) in [5.41, 5.74) is 3.67. The van der Waals surface area contributed by atoms with E-state index >= 15 is 0 Å². The fourth-order valence-electron chi connectivity index (χ4n) is 4.54. The van der Waals surface area contributed by atoms with Crippen LogP contribution >= 0.6 is 11.6 Å². The summed E-state index contributed by atoms with van der Waals surface area (Å²) in [6, 6.07) is 27.0. The molecule has 4 nitrogen and oxygen atoms in total. The predicted molar refractivity (Wildman–Crippen MR) is 158 cm³/mol. The van der Waals surface area contributed by atoms with Crippen molar-refractivity contribution in [3.05, 3.63) is 131 Å². The van der Waals surface area contributed by atoms with E-state index in [1.54, 1.807) is 24.3 Å². The zero-order chi connectivity index (χ0) is 29.2. The minimum atomic E-state index is -0.684. The van der Waals surface area contributed by atoms with Crippen LogP contribution in [-0.4, -0.2) is 9.97 Å². The lowest BCUT2D eigenvalue weighted by atomic mass is 9.96. The number of aromatic nitrogens is 2. The second-order valence-electron chi connectivity index (χ2n) is 10.7. The van der Waals surface area contributed by atoms with Gasteiger partial charge >= 0.3 is 0 Å².